The predicted molar refractivity (Wildman–Crippen MR) is 155 cm³/mol. The number of imidazole rings is 1. The SMILES string of the molecule is CCCc1cn(-c2c(C(C)=O)cccc2C(C)(C)C)c(=O)n1Cc1ccc(-c2ccccc2-c2nn[nH]n2)cn1. The first-order valence-corrected chi connectivity index (χ1v) is 13.4. The highest BCUT2D eigenvalue weighted by molar-refractivity contribution is 5.98. The first-order valence-electron chi connectivity index (χ1n) is 13.4. The molecule has 0 saturated carbocycles. The molecule has 5 aromatic rings. The number of benzene rings is 2. The summed E-state index contributed by atoms with van der Waals surface area (Å²) in [6, 6.07) is 17.4. The molecule has 40 heavy (non-hydrogen) atoms. The number of aromatic amines is 1. The Morgan fingerprint density at radius 2 is 1.77 bits per heavy atom. The zero-order valence-corrected chi connectivity index (χ0v) is 23.5. The molecule has 0 aliphatic carbocycles. The van der Waals surface area contributed by atoms with Gasteiger partial charge in [0.15, 0.2) is 5.78 Å². The van der Waals surface area contributed by atoms with Crippen LogP contribution in [-0.2, 0) is 18.4 Å². The Morgan fingerprint density at radius 1 is 1.00 bits per heavy atom. The third-order valence-corrected chi connectivity index (χ3v) is 7.00. The molecule has 5 rings (SSSR count). The summed E-state index contributed by atoms with van der Waals surface area (Å²) in [4.78, 5) is 31.3. The molecule has 3 aromatic heterocycles. The van der Waals surface area contributed by atoms with Crippen LogP contribution in [0.4, 0.5) is 0 Å². The van der Waals surface area contributed by atoms with Gasteiger partial charge in [-0.15, -0.1) is 10.2 Å². The summed E-state index contributed by atoms with van der Waals surface area (Å²) in [5.41, 5.74) is 6.06. The van der Waals surface area contributed by atoms with Crippen molar-refractivity contribution < 1.29 is 4.79 Å². The number of carbonyl (C=O) groups excluding carboxylic acids is 1. The van der Waals surface area contributed by atoms with E-state index in [4.69, 9.17) is 4.98 Å². The van der Waals surface area contributed by atoms with E-state index in [2.05, 4.69) is 48.3 Å². The number of ketones is 1. The van der Waals surface area contributed by atoms with E-state index in [0.717, 1.165) is 46.5 Å². The van der Waals surface area contributed by atoms with Gasteiger partial charge in [-0.3, -0.25) is 18.9 Å². The van der Waals surface area contributed by atoms with E-state index in [9.17, 15) is 9.59 Å². The fraction of sp³-hybridized carbons (Fsp3) is 0.290. The van der Waals surface area contributed by atoms with Crippen LogP contribution in [0.1, 0.15) is 68.3 Å². The Balaban J connectivity index is 1.55. The molecule has 0 aliphatic heterocycles. The average molecular weight is 536 g/mol. The summed E-state index contributed by atoms with van der Waals surface area (Å²) < 4.78 is 3.42. The maximum Gasteiger partial charge on any atom is 0.333 e. The smallest absolute Gasteiger partial charge is 0.294 e. The number of Topliss-reactive ketones (excluding diaryl/α,β-unsaturated/α-hetero) is 1. The zero-order chi connectivity index (χ0) is 28.4. The Bertz CT molecular complexity index is 1710. The lowest BCUT2D eigenvalue weighted by atomic mass is 9.84. The van der Waals surface area contributed by atoms with Crippen LogP contribution in [0.5, 0.6) is 0 Å². The van der Waals surface area contributed by atoms with E-state index in [1.807, 2.05) is 54.7 Å². The van der Waals surface area contributed by atoms with Gasteiger partial charge in [0.2, 0.25) is 5.82 Å². The predicted octanol–water partition coefficient (Wildman–Crippen LogP) is 5.38. The highest BCUT2D eigenvalue weighted by atomic mass is 16.2. The number of nitrogens with one attached hydrogen (secondary N) is 1. The number of tetrazole rings is 1. The van der Waals surface area contributed by atoms with Crippen molar-refractivity contribution in [2.75, 3.05) is 0 Å². The first-order chi connectivity index (χ1) is 19.2. The molecule has 9 heteroatoms. The molecular weight excluding hydrogens is 502 g/mol. The highest BCUT2D eigenvalue weighted by Gasteiger charge is 2.25. The summed E-state index contributed by atoms with van der Waals surface area (Å²) >= 11 is 0. The first kappa shape index (κ1) is 26.9. The molecule has 0 atom stereocenters. The van der Waals surface area contributed by atoms with Crippen LogP contribution in [0.15, 0.2) is 71.8 Å². The topological polar surface area (TPSA) is 111 Å². The second-order valence-electron chi connectivity index (χ2n) is 10.9. The van der Waals surface area contributed by atoms with Gasteiger partial charge >= 0.3 is 5.69 Å². The summed E-state index contributed by atoms with van der Waals surface area (Å²) in [6.07, 6.45) is 5.30. The summed E-state index contributed by atoms with van der Waals surface area (Å²) in [7, 11) is 0. The Labute approximate surface area is 232 Å². The summed E-state index contributed by atoms with van der Waals surface area (Å²) in [5, 5.41) is 14.4. The molecule has 0 bridgehead atoms. The van der Waals surface area contributed by atoms with E-state index in [1.165, 1.54) is 0 Å². The van der Waals surface area contributed by atoms with E-state index in [-0.39, 0.29) is 16.9 Å². The number of nitrogens with zero attached hydrogens (tertiary/aromatic N) is 6. The van der Waals surface area contributed by atoms with E-state index < -0.39 is 0 Å². The zero-order valence-electron chi connectivity index (χ0n) is 23.5. The van der Waals surface area contributed by atoms with Crippen molar-refractivity contribution in [2.45, 2.75) is 59.4 Å². The molecule has 9 nitrogen and oxygen atoms in total. The summed E-state index contributed by atoms with van der Waals surface area (Å²) in [5.74, 6) is 0.438. The third-order valence-electron chi connectivity index (χ3n) is 7.00. The minimum absolute atomic E-state index is 0.0730. The molecule has 0 saturated heterocycles. The quantitative estimate of drug-likeness (QED) is 0.267. The second-order valence-corrected chi connectivity index (χ2v) is 10.9. The van der Waals surface area contributed by atoms with Gasteiger partial charge in [-0.05, 0) is 47.2 Å². The van der Waals surface area contributed by atoms with Gasteiger partial charge < -0.3 is 0 Å². The van der Waals surface area contributed by atoms with Crippen LogP contribution in [-0.4, -0.2) is 40.5 Å². The lowest BCUT2D eigenvalue weighted by Gasteiger charge is -2.24. The van der Waals surface area contributed by atoms with E-state index >= 15 is 0 Å². The molecule has 204 valence electrons. The van der Waals surface area contributed by atoms with Crippen LogP contribution in [0.3, 0.4) is 0 Å². The van der Waals surface area contributed by atoms with Crippen molar-refractivity contribution >= 4 is 5.78 Å². The van der Waals surface area contributed by atoms with Crippen molar-refractivity contribution in [1.29, 1.82) is 0 Å². The molecule has 3 heterocycles. The minimum atomic E-state index is -0.261. The van der Waals surface area contributed by atoms with Crippen LogP contribution in [0.2, 0.25) is 0 Å². The number of rotatable bonds is 8. The maximum atomic E-state index is 14.0. The molecule has 2 aromatic carbocycles. The monoisotopic (exact) mass is 535 g/mol. The molecule has 0 radical (unpaired) electrons. The highest BCUT2D eigenvalue weighted by Crippen LogP contribution is 2.32. The fourth-order valence-electron chi connectivity index (χ4n) is 5.05. The van der Waals surface area contributed by atoms with Crippen molar-refractivity contribution in [1.82, 2.24) is 34.7 Å². The average Bonchev–Trinajstić information content (AvgIpc) is 3.58. The standard InChI is InChI=1S/C31H33N7O2/c1-6-10-23-19-38(28-24(20(2)39)13-9-14-27(28)31(3,4)5)30(40)37(23)18-22-16-15-21(17-32-22)25-11-7-8-12-26(25)29-33-35-36-34-29/h7-9,11-17,19H,6,10,18H2,1-5H3,(H,33,34,35,36). The van der Waals surface area contributed by atoms with Crippen molar-refractivity contribution in [3.05, 3.63) is 100.0 Å². The number of hydrogen-bond acceptors (Lipinski definition) is 6. The van der Waals surface area contributed by atoms with Gasteiger partial charge in [0, 0.05) is 34.8 Å². The number of para-hydroxylation sites is 1. The third kappa shape index (κ3) is 5.14. The van der Waals surface area contributed by atoms with Crippen LogP contribution < -0.4 is 5.69 Å². The Kier molecular flexibility index (Phi) is 7.30. The van der Waals surface area contributed by atoms with E-state index in [0.29, 0.717) is 23.6 Å². The van der Waals surface area contributed by atoms with Crippen molar-refractivity contribution in [2.24, 2.45) is 0 Å². The van der Waals surface area contributed by atoms with Gasteiger partial charge in [-0.25, -0.2) is 4.79 Å². The molecule has 0 fully saturated rings. The molecule has 1 N–H and O–H groups in total. The number of pyridine rings is 1. The summed E-state index contributed by atoms with van der Waals surface area (Å²) in [6.45, 7) is 10.2. The molecule has 0 amide bonds. The second kappa shape index (κ2) is 10.8. The van der Waals surface area contributed by atoms with Crippen molar-refractivity contribution in [3.63, 3.8) is 0 Å². The van der Waals surface area contributed by atoms with Gasteiger partial charge in [-0.2, -0.15) is 5.21 Å². The number of aryl methyl sites for hydroxylation is 1. The molecule has 0 spiro atoms. The van der Waals surface area contributed by atoms with Gasteiger partial charge in [0.1, 0.15) is 0 Å². The Hall–Kier alpha value is -4.66. The molecular formula is C31H33N7O2. The van der Waals surface area contributed by atoms with Crippen LogP contribution in [0, 0.1) is 0 Å². The van der Waals surface area contributed by atoms with Gasteiger partial charge in [0.25, 0.3) is 0 Å². The van der Waals surface area contributed by atoms with Crippen LogP contribution >= 0.6 is 0 Å². The number of carbonyl (C=O) groups is 1. The number of aromatic nitrogens is 7. The minimum Gasteiger partial charge on any atom is -0.294 e. The van der Waals surface area contributed by atoms with Crippen LogP contribution in [0.25, 0.3) is 28.2 Å². The lowest BCUT2D eigenvalue weighted by molar-refractivity contribution is 0.101. The van der Waals surface area contributed by atoms with Crippen molar-refractivity contribution in [3.8, 4) is 28.2 Å². The fourth-order valence-corrected chi connectivity index (χ4v) is 5.05. The normalized spacial score (nSPS) is 11.6. The number of H-pyrrole nitrogens is 1. The lowest BCUT2D eigenvalue weighted by Crippen LogP contribution is -2.28. The van der Waals surface area contributed by atoms with E-state index in [1.54, 1.807) is 28.3 Å². The van der Waals surface area contributed by atoms with Gasteiger partial charge in [-0.1, -0.05) is 76.6 Å². The Morgan fingerprint density at radius 3 is 2.40 bits per heavy atom. The van der Waals surface area contributed by atoms with Gasteiger partial charge in [0.05, 0.1) is 17.9 Å². The maximum absolute atomic E-state index is 14.0. The molecule has 0 aliphatic rings. The number of hydrogen-bond donors (Lipinski definition) is 1. The largest absolute Gasteiger partial charge is 0.333 e. The molecule has 0 unspecified atom stereocenters.